The van der Waals surface area contributed by atoms with Crippen molar-refractivity contribution in [3.63, 3.8) is 0 Å². The number of nitrogens with one attached hydrogen (secondary N) is 1. The van der Waals surface area contributed by atoms with E-state index in [1.807, 2.05) is 0 Å². The van der Waals surface area contributed by atoms with Gasteiger partial charge in [-0.3, -0.25) is 9.52 Å². The molecule has 0 fully saturated rings. The van der Waals surface area contributed by atoms with Gasteiger partial charge < -0.3 is 4.90 Å². The molecule has 150 valence electrons. The predicted molar refractivity (Wildman–Crippen MR) is 105 cm³/mol. The number of carbonyl (C=O) groups excluding carboxylic acids is 1. The zero-order chi connectivity index (χ0) is 20.6. The van der Waals surface area contributed by atoms with Crippen LogP contribution in [0.25, 0.3) is 0 Å². The highest BCUT2D eigenvalue weighted by molar-refractivity contribution is 7.91. The Kier molecular flexibility index (Phi) is 5.43. The van der Waals surface area contributed by atoms with Crippen LogP contribution in [0.2, 0.25) is 0 Å². The van der Waals surface area contributed by atoms with Crippen molar-refractivity contribution in [2.75, 3.05) is 16.2 Å². The maximum atomic E-state index is 14.7. The van der Waals surface area contributed by atoms with Gasteiger partial charge >= 0.3 is 0 Å². The van der Waals surface area contributed by atoms with E-state index in [1.54, 1.807) is 32.9 Å². The minimum atomic E-state index is -3.95. The second-order valence-electron chi connectivity index (χ2n) is 7.10. The number of amides is 1. The van der Waals surface area contributed by atoms with E-state index in [0.29, 0.717) is 17.7 Å². The number of carbonyl (C=O) groups is 1. The zero-order valence-corrected chi connectivity index (χ0v) is 16.7. The number of rotatable bonds is 5. The summed E-state index contributed by atoms with van der Waals surface area (Å²) in [4.78, 5) is 13.5. The van der Waals surface area contributed by atoms with Gasteiger partial charge in [0, 0.05) is 24.6 Å². The molecule has 0 aliphatic carbocycles. The van der Waals surface area contributed by atoms with Gasteiger partial charge in [-0.05, 0) is 43.0 Å². The number of hydrogen-bond acceptors (Lipinski definition) is 3. The Hall–Kier alpha value is -2.48. The Morgan fingerprint density at radius 1 is 1.18 bits per heavy atom. The number of hydrogen-bond donors (Lipinski definition) is 1. The van der Waals surface area contributed by atoms with E-state index in [0.717, 1.165) is 6.07 Å². The van der Waals surface area contributed by atoms with Gasteiger partial charge in [-0.25, -0.2) is 17.2 Å². The molecule has 1 unspecified atom stereocenters. The van der Waals surface area contributed by atoms with Gasteiger partial charge in [0.2, 0.25) is 15.9 Å². The summed E-state index contributed by atoms with van der Waals surface area (Å²) in [6.07, 6.45) is 0.227. The number of fused-ring (bicyclic) bond motifs is 1. The molecule has 5 nitrogen and oxygen atoms in total. The largest absolute Gasteiger partial charge is 0.310 e. The van der Waals surface area contributed by atoms with Crippen LogP contribution in [0, 0.1) is 18.6 Å². The fraction of sp³-hybridized carbons (Fsp3) is 0.350. The quantitative estimate of drug-likeness (QED) is 0.811. The van der Waals surface area contributed by atoms with Crippen molar-refractivity contribution in [1.29, 1.82) is 0 Å². The molecule has 0 radical (unpaired) electrons. The highest BCUT2D eigenvalue weighted by Gasteiger charge is 2.31. The lowest BCUT2D eigenvalue weighted by molar-refractivity contribution is -0.119. The standard InChI is InChI=1S/C20H22F2N2O3S/c1-4-24-19(25)8-13(3)16-9-15(10-18(22)20(16)24)23-28(26,27)11-14-6-5-12(2)7-17(14)21/h5-7,9-10,13,23H,4,8,11H2,1-3H3. The van der Waals surface area contributed by atoms with Gasteiger partial charge in [0.15, 0.2) is 0 Å². The van der Waals surface area contributed by atoms with Crippen LogP contribution in [0.4, 0.5) is 20.2 Å². The first kappa shape index (κ1) is 20.3. The molecule has 3 rings (SSSR count). The van der Waals surface area contributed by atoms with E-state index < -0.39 is 27.4 Å². The van der Waals surface area contributed by atoms with Crippen molar-refractivity contribution in [3.05, 3.63) is 58.7 Å². The van der Waals surface area contributed by atoms with Crippen LogP contribution in [-0.4, -0.2) is 20.9 Å². The molecule has 2 aromatic carbocycles. The Morgan fingerprint density at radius 2 is 1.89 bits per heavy atom. The summed E-state index contributed by atoms with van der Waals surface area (Å²) in [5.74, 6) is -2.23. The number of sulfonamides is 1. The summed E-state index contributed by atoms with van der Waals surface area (Å²) in [6, 6.07) is 6.91. The molecule has 28 heavy (non-hydrogen) atoms. The van der Waals surface area contributed by atoms with Gasteiger partial charge in [-0.2, -0.15) is 0 Å². The lowest BCUT2D eigenvalue weighted by Gasteiger charge is -2.32. The molecule has 0 saturated carbocycles. The van der Waals surface area contributed by atoms with Gasteiger partial charge in [0.1, 0.15) is 11.6 Å². The van der Waals surface area contributed by atoms with Crippen LogP contribution < -0.4 is 9.62 Å². The minimum absolute atomic E-state index is 0.0349. The highest BCUT2D eigenvalue weighted by Crippen LogP contribution is 2.39. The number of halogens is 2. The second kappa shape index (κ2) is 7.50. The normalized spacial score (nSPS) is 16.8. The van der Waals surface area contributed by atoms with Crippen molar-refractivity contribution in [3.8, 4) is 0 Å². The molecule has 1 heterocycles. The van der Waals surface area contributed by atoms with E-state index in [1.165, 1.54) is 17.0 Å². The average molecular weight is 408 g/mol. The van der Waals surface area contributed by atoms with Crippen LogP contribution in [-0.2, 0) is 20.6 Å². The van der Waals surface area contributed by atoms with Crippen LogP contribution >= 0.6 is 0 Å². The van der Waals surface area contributed by atoms with E-state index in [-0.39, 0.29) is 35.2 Å². The van der Waals surface area contributed by atoms with Crippen LogP contribution in [0.15, 0.2) is 30.3 Å². The first-order valence-corrected chi connectivity index (χ1v) is 10.7. The van der Waals surface area contributed by atoms with E-state index in [9.17, 15) is 22.0 Å². The fourth-order valence-corrected chi connectivity index (χ4v) is 4.66. The number of benzene rings is 2. The number of nitrogens with zero attached hydrogens (tertiary/aromatic N) is 1. The van der Waals surface area contributed by atoms with Crippen molar-refractivity contribution in [2.24, 2.45) is 0 Å². The summed E-state index contributed by atoms with van der Waals surface area (Å²) in [5.41, 5.74) is 1.54. The molecule has 0 bridgehead atoms. The Labute approximate surface area is 163 Å². The molecular weight excluding hydrogens is 386 g/mol. The molecule has 0 saturated heterocycles. The molecule has 1 amide bonds. The topological polar surface area (TPSA) is 66.5 Å². The molecule has 1 aliphatic rings. The Balaban J connectivity index is 1.91. The lowest BCUT2D eigenvalue weighted by atomic mass is 9.90. The van der Waals surface area contributed by atoms with E-state index in [4.69, 9.17) is 0 Å². The average Bonchev–Trinajstić information content (AvgIpc) is 2.58. The Bertz CT molecular complexity index is 1040. The molecular formula is C20H22F2N2O3S. The SMILES string of the molecule is CCN1C(=O)CC(C)c2cc(NS(=O)(=O)Cc3ccc(C)cc3F)cc(F)c21. The molecule has 0 aromatic heterocycles. The van der Waals surface area contributed by atoms with Gasteiger partial charge in [-0.15, -0.1) is 0 Å². The third-order valence-electron chi connectivity index (χ3n) is 4.82. The van der Waals surface area contributed by atoms with Crippen molar-refractivity contribution in [1.82, 2.24) is 0 Å². The predicted octanol–water partition coefficient (Wildman–Crippen LogP) is 4.08. The van der Waals surface area contributed by atoms with E-state index in [2.05, 4.69) is 4.72 Å². The van der Waals surface area contributed by atoms with Crippen LogP contribution in [0.1, 0.15) is 42.9 Å². The fourth-order valence-electron chi connectivity index (χ4n) is 3.47. The molecule has 1 aliphatic heterocycles. The number of anilines is 2. The second-order valence-corrected chi connectivity index (χ2v) is 8.82. The summed E-state index contributed by atoms with van der Waals surface area (Å²) < 4.78 is 56.0. The third-order valence-corrected chi connectivity index (χ3v) is 6.06. The van der Waals surface area contributed by atoms with Crippen molar-refractivity contribution >= 4 is 27.3 Å². The minimum Gasteiger partial charge on any atom is -0.310 e. The maximum Gasteiger partial charge on any atom is 0.237 e. The monoisotopic (exact) mass is 408 g/mol. The van der Waals surface area contributed by atoms with Crippen LogP contribution in [0.5, 0.6) is 0 Å². The summed E-state index contributed by atoms with van der Waals surface area (Å²) in [6.45, 7) is 5.58. The summed E-state index contributed by atoms with van der Waals surface area (Å²) >= 11 is 0. The molecule has 1 atom stereocenters. The molecule has 1 N–H and O–H groups in total. The molecule has 0 spiro atoms. The van der Waals surface area contributed by atoms with Gasteiger partial charge in [0.25, 0.3) is 0 Å². The maximum absolute atomic E-state index is 14.7. The smallest absolute Gasteiger partial charge is 0.237 e. The van der Waals surface area contributed by atoms with Crippen molar-refractivity contribution in [2.45, 2.75) is 38.9 Å². The first-order valence-electron chi connectivity index (χ1n) is 9.00. The summed E-state index contributed by atoms with van der Waals surface area (Å²) in [5, 5.41) is 0. The van der Waals surface area contributed by atoms with E-state index >= 15 is 0 Å². The van der Waals surface area contributed by atoms with Crippen LogP contribution in [0.3, 0.4) is 0 Å². The van der Waals surface area contributed by atoms with Crippen molar-refractivity contribution < 1.29 is 22.0 Å². The van der Waals surface area contributed by atoms with Gasteiger partial charge in [-0.1, -0.05) is 19.1 Å². The third kappa shape index (κ3) is 4.01. The highest BCUT2D eigenvalue weighted by atomic mass is 32.2. The molecule has 8 heteroatoms. The number of aryl methyl sites for hydroxylation is 1. The Morgan fingerprint density at radius 3 is 2.54 bits per heavy atom. The lowest BCUT2D eigenvalue weighted by Crippen LogP contribution is -2.36. The summed E-state index contributed by atoms with van der Waals surface area (Å²) in [7, 11) is -3.95. The first-order chi connectivity index (χ1) is 13.1. The van der Waals surface area contributed by atoms with Gasteiger partial charge in [0.05, 0.1) is 17.1 Å². The molecule has 2 aromatic rings. The zero-order valence-electron chi connectivity index (χ0n) is 15.9.